The number of aliphatic hydroxyl groups is 1. The maximum absolute atomic E-state index is 13.7. The number of carbonyl (C=O) groups excluding carboxylic acids is 3. The van der Waals surface area contributed by atoms with E-state index >= 15 is 0 Å². The van der Waals surface area contributed by atoms with Crippen molar-refractivity contribution in [2.24, 2.45) is 0 Å². The molecule has 5 rings (SSSR count). The first-order chi connectivity index (χ1) is 18.7. The van der Waals surface area contributed by atoms with Crippen LogP contribution in [-0.4, -0.2) is 39.3 Å². The van der Waals surface area contributed by atoms with Crippen LogP contribution in [0.15, 0.2) is 83.0 Å². The number of rotatable bonds is 8. The molecule has 0 radical (unpaired) electrons. The van der Waals surface area contributed by atoms with Gasteiger partial charge in [0.25, 0.3) is 11.6 Å². The fourth-order valence-electron chi connectivity index (χ4n) is 4.23. The number of carbonyl (C=O) groups is 3. The summed E-state index contributed by atoms with van der Waals surface area (Å²) < 4.78 is 10.8. The normalized spacial score (nSPS) is 15.2. The molecule has 0 fully saturated rings. The van der Waals surface area contributed by atoms with E-state index in [0.29, 0.717) is 16.5 Å². The molecule has 12 heteroatoms. The Labute approximate surface area is 224 Å². The molecule has 11 nitrogen and oxygen atoms in total. The first kappa shape index (κ1) is 25.5. The van der Waals surface area contributed by atoms with Crippen molar-refractivity contribution >= 4 is 50.8 Å². The van der Waals surface area contributed by atoms with Crippen LogP contribution in [0, 0.1) is 17.0 Å². The van der Waals surface area contributed by atoms with Crippen molar-refractivity contribution in [1.82, 2.24) is 4.98 Å². The highest BCUT2D eigenvalue weighted by Crippen LogP contribution is 2.44. The van der Waals surface area contributed by atoms with Gasteiger partial charge in [0.2, 0.25) is 5.78 Å². The minimum Gasteiger partial charge on any atom is -0.503 e. The molecular weight excluding hydrogens is 526 g/mol. The van der Waals surface area contributed by atoms with E-state index in [9.17, 15) is 29.6 Å². The highest BCUT2D eigenvalue weighted by Gasteiger charge is 2.47. The number of benzene rings is 2. The van der Waals surface area contributed by atoms with Crippen molar-refractivity contribution in [1.29, 1.82) is 0 Å². The molecule has 2 aromatic carbocycles. The second kappa shape index (κ2) is 9.99. The van der Waals surface area contributed by atoms with Crippen LogP contribution in [0.5, 0.6) is 0 Å². The molecular formula is C27H19N3O8S. The zero-order chi connectivity index (χ0) is 27.8. The number of Topliss-reactive ketones (excluding diaryl/α,β-unsaturated/α-hetero) is 1. The van der Waals surface area contributed by atoms with Crippen molar-refractivity contribution in [3.63, 3.8) is 0 Å². The summed E-state index contributed by atoms with van der Waals surface area (Å²) in [6.45, 7) is 5.03. The molecule has 1 atom stereocenters. The van der Waals surface area contributed by atoms with E-state index in [1.807, 2.05) is 0 Å². The van der Waals surface area contributed by atoms with Crippen molar-refractivity contribution in [3.8, 4) is 0 Å². The fraction of sp³-hybridized carbons (Fsp3) is 0.111. The van der Waals surface area contributed by atoms with Gasteiger partial charge in [-0.2, -0.15) is 0 Å². The van der Waals surface area contributed by atoms with Gasteiger partial charge in [-0.15, -0.1) is 0 Å². The molecule has 1 aliphatic rings. The lowest BCUT2D eigenvalue weighted by atomic mass is 9.95. The van der Waals surface area contributed by atoms with E-state index in [4.69, 9.17) is 9.15 Å². The molecule has 1 N–H and O–H groups in total. The third kappa shape index (κ3) is 4.46. The topological polar surface area (TPSA) is 153 Å². The minimum atomic E-state index is -1.22. The number of hydrogen-bond donors (Lipinski definition) is 1. The number of aromatic nitrogens is 1. The number of nitro benzene ring substituents is 1. The monoisotopic (exact) mass is 545 g/mol. The lowest BCUT2D eigenvalue weighted by Gasteiger charge is -2.24. The number of aryl methyl sites for hydroxylation is 1. The number of fused-ring (bicyclic) bond motifs is 1. The summed E-state index contributed by atoms with van der Waals surface area (Å²) in [5, 5.41) is 22.8. The number of ketones is 1. The van der Waals surface area contributed by atoms with Gasteiger partial charge in [-0.25, -0.2) is 9.78 Å². The second-order valence-corrected chi connectivity index (χ2v) is 9.44. The number of para-hydroxylation sites is 1. The number of aliphatic hydroxyl groups excluding tert-OH is 1. The number of furan rings is 1. The van der Waals surface area contributed by atoms with Crippen LogP contribution >= 0.6 is 11.3 Å². The third-order valence-corrected chi connectivity index (χ3v) is 7.17. The fourth-order valence-corrected chi connectivity index (χ4v) is 5.22. The summed E-state index contributed by atoms with van der Waals surface area (Å²) in [6, 6.07) is 12.4. The summed E-state index contributed by atoms with van der Waals surface area (Å²) in [4.78, 5) is 55.8. The van der Waals surface area contributed by atoms with E-state index in [-0.39, 0.29) is 39.3 Å². The van der Waals surface area contributed by atoms with Gasteiger partial charge in [-0.05, 0) is 36.8 Å². The largest absolute Gasteiger partial charge is 0.503 e. The molecule has 4 aromatic rings. The van der Waals surface area contributed by atoms with Gasteiger partial charge in [0.15, 0.2) is 16.7 Å². The number of nitrogens with zero attached hydrogens (tertiary/aromatic N) is 3. The molecule has 0 aliphatic carbocycles. The Morgan fingerprint density at radius 1 is 1.26 bits per heavy atom. The van der Waals surface area contributed by atoms with Crippen LogP contribution in [0.1, 0.15) is 37.5 Å². The lowest BCUT2D eigenvalue weighted by molar-refractivity contribution is -0.384. The molecule has 0 spiro atoms. The zero-order valence-electron chi connectivity index (χ0n) is 20.3. The van der Waals surface area contributed by atoms with Crippen molar-refractivity contribution < 1.29 is 33.6 Å². The molecule has 196 valence electrons. The molecule has 0 saturated heterocycles. The summed E-state index contributed by atoms with van der Waals surface area (Å²) >= 11 is 0.845. The lowest BCUT2D eigenvalue weighted by Crippen LogP contribution is -2.31. The smallest absolute Gasteiger partial charge is 0.350 e. The van der Waals surface area contributed by atoms with Crippen molar-refractivity contribution in [2.75, 3.05) is 11.5 Å². The predicted molar refractivity (Wildman–Crippen MR) is 141 cm³/mol. The summed E-state index contributed by atoms with van der Waals surface area (Å²) in [7, 11) is 0. The molecule has 39 heavy (non-hydrogen) atoms. The van der Waals surface area contributed by atoms with E-state index in [1.165, 1.54) is 36.4 Å². The Balaban J connectivity index is 1.62. The van der Waals surface area contributed by atoms with E-state index in [1.54, 1.807) is 31.2 Å². The highest BCUT2D eigenvalue weighted by molar-refractivity contribution is 7.17. The predicted octanol–water partition coefficient (Wildman–Crippen LogP) is 5.23. The quantitative estimate of drug-likeness (QED) is 0.103. The first-order valence-corrected chi connectivity index (χ1v) is 12.3. The molecule has 1 aliphatic heterocycles. The van der Waals surface area contributed by atoms with E-state index in [0.717, 1.165) is 16.2 Å². The number of ether oxygens (including phenoxy) is 1. The molecule has 3 heterocycles. The van der Waals surface area contributed by atoms with Gasteiger partial charge in [0.05, 0.1) is 22.2 Å². The molecule has 0 saturated carbocycles. The molecule has 2 aromatic heterocycles. The van der Waals surface area contributed by atoms with Gasteiger partial charge >= 0.3 is 5.97 Å². The number of nitro groups is 1. The maximum Gasteiger partial charge on any atom is 0.350 e. The Kier molecular flexibility index (Phi) is 6.54. The van der Waals surface area contributed by atoms with Gasteiger partial charge in [0.1, 0.15) is 17.1 Å². The maximum atomic E-state index is 13.7. The number of esters is 1. The van der Waals surface area contributed by atoms with Gasteiger partial charge in [0, 0.05) is 17.5 Å². The standard InChI is InChI=1S/C27H19N3O8S/c1-3-12-37-26(34)24-14(2)28-27(39-24)29-21(15-8-10-17(11-9-15)30(35)36)20(23(32)25(29)33)22(31)19-13-16-6-4-5-7-18(16)38-19/h3-11,13,21,32H,1,12H2,2H3. The van der Waals surface area contributed by atoms with Crippen LogP contribution < -0.4 is 4.90 Å². The number of hydrogen-bond acceptors (Lipinski definition) is 10. The first-order valence-electron chi connectivity index (χ1n) is 11.5. The number of amides is 1. The van der Waals surface area contributed by atoms with Gasteiger partial charge in [-0.1, -0.05) is 42.2 Å². The van der Waals surface area contributed by atoms with Crippen LogP contribution in [0.3, 0.4) is 0 Å². The Bertz CT molecular complexity index is 1670. The molecule has 1 amide bonds. The van der Waals surface area contributed by atoms with E-state index in [2.05, 4.69) is 11.6 Å². The molecule has 1 unspecified atom stereocenters. The Hall–Kier alpha value is -5.10. The van der Waals surface area contributed by atoms with Crippen LogP contribution in [0.4, 0.5) is 10.8 Å². The number of thiazole rings is 1. The Morgan fingerprint density at radius 2 is 1.97 bits per heavy atom. The zero-order valence-corrected chi connectivity index (χ0v) is 21.1. The average molecular weight is 546 g/mol. The van der Waals surface area contributed by atoms with Gasteiger partial charge in [-0.3, -0.25) is 24.6 Å². The van der Waals surface area contributed by atoms with Crippen molar-refractivity contribution in [3.05, 3.63) is 111 Å². The minimum absolute atomic E-state index is 0.0189. The summed E-state index contributed by atoms with van der Waals surface area (Å²) in [6.07, 6.45) is 1.40. The summed E-state index contributed by atoms with van der Waals surface area (Å²) in [5.41, 5.74) is 0.506. The van der Waals surface area contributed by atoms with Gasteiger partial charge < -0.3 is 14.3 Å². The Morgan fingerprint density at radius 3 is 2.64 bits per heavy atom. The molecule has 0 bridgehead atoms. The highest BCUT2D eigenvalue weighted by atomic mass is 32.1. The number of non-ortho nitro benzene ring substituents is 1. The van der Waals surface area contributed by atoms with Crippen LogP contribution in [0.2, 0.25) is 0 Å². The van der Waals surface area contributed by atoms with E-state index < -0.39 is 34.4 Å². The number of anilines is 1. The third-order valence-electron chi connectivity index (χ3n) is 6.03. The second-order valence-electron chi connectivity index (χ2n) is 8.46. The van der Waals surface area contributed by atoms with Crippen LogP contribution in [0.25, 0.3) is 11.0 Å². The van der Waals surface area contributed by atoms with Crippen molar-refractivity contribution in [2.45, 2.75) is 13.0 Å². The SMILES string of the molecule is C=CCOC(=O)c1sc(N2C(=O)C(O)=C(C(=O)c3cc4ccccc4o3)C2c2ccc([N+](=O)[O-])cc2)nc1C. The van der Waals surface area contributed by atoms with Crippen LogP contribution in [-0.2, 0) is 9.53 Å². The summed E-state index contributed by atoms with van der Waals surface area (Å²) in [5.74, 6) is -3.29. The average Bonchev–Trinajstić information content (AvgIpc) is 3.61.